The van der Waals surface area contributed by atoms with Gasteiger partial charge in [0.05, 0.1) is 5.52 Å². The number of nitrogens with zero attached hydrogens (tertiary/aromatic N) is 1. The smallest absolute Gasteiger partial charge is 0.128 e. The molecule has 1 aromatic heterocycles. The van der Waals surface area contributed by atoms with Crippen molar-refractivity contribution in [1.29, 1.82) is 0 Å². The van der Waals surface area contributed by atoms with E-state index in [1.165, 1.54) is 6.07 Å². The maximum absolute atomic E-state index is 13.3. The van der Waals surface area contributed by atoms with E-state index in [4.69, 9.17) is 0 Å². The Morgan fingerprint density at radius 1 is 1.33 bits per heavy atom. The molecule has 0 amide bonds. The van der Waals surface area contributed by atoms with Crippen molar-refractivity contribution in [1.82, 2.24) is 4.98 Å². The van der Waals surface area contributed by atoms with Gasteiger partial charge in [0.1, 0.15) is 5.82 Å². The predicted octanol–water partition coefficient (Wildman–Crippen LogP) is 3.11. The van der Waals surface area contributed by atoms with Crippen LogP contribution in [-0.2, 0) is 0 Å². The van der Waals surface area contributed by atoms with Crippen LogP contribution in [0.2, 0.25) is 0 Å². The number of pyridine rings is 1. The van der Waals surface area contributed by atoms with Gasteiger partial charge in [-0.15, -0.1) is 0 Å². The molecule has 2 aromatic rings. The quantitative estimate of drug-likeness (QED) is 0.813. The van der Waals surface area contributed by atoms with E-state index in [-0.39, 0.29) is 5.82 Å². The second-order valence-corrected chi connectivity index (χ2v) is 3.46. The van der Waals surface area contributed by atoms with Crippen LogP contribution < -0.4 is 5.32 Å². The van der Waals surface area contributed by atoms with Gasteiger partial charge >= 0.3 is 0 Å². The highest BCUT2D eigenvalue weighted by atomic mass is 19.1. The van der Waals surface area contributed by atoms with Gasteiger partial charge in [-0.1, -0.05) is 0 Å². The van der Waals surface area contributed by atoms with Crippen molar-refractivity contribution in [2.24, 2.45) is 0 Å². The van der Waals surface area contributed by atoms with E-state index in [0.717, 1.165) is 23.1 Å². The first-order valence-electron chi connectivity index (χ1n) is 5.01. The highest BCUT2D eigenvalue weighted by molar-refractivity contribution is 5.92. The number of hydrogen-bond acceptors (Lipinski definition) is 2. The molecule has 0 spiro atoms. The fraction of sp³-hybridized carbons (Fsp3) is 0.250. The van der Waals surface area contributed by atoms with E-state index in [1.54, 1.807) is 19.2 Å². The van der Waals surface area contributed by atoms with E-state index in [0.29, 0.717) is 5.56 Å². The highest BCUT2D eigenvalue weighted by Gasteiger charge is 2.06. The Bertz CT molecular complexity index is 494. The molecule has 1 N–H and O–H groups in total. The summed E-state index contributed by atoms with van der Waals surface area (Å²) in [5, 5.41) is 4.21. The molecule has 0 aliphatic rings. The maximum atomic E-state index is 13.3. The monoisotopic (exact) mass is 204 g/mol. The third-order valence-electron chi connectivity index (χ3n) is 2.47. The van der Waals surface area contributed by atoms with Crippen LogP contribution in [0.25, 0.3) is 10.9 Å². The number of anilines is 1. The lowest BCUT2D eigenvalue weighted by atomic mass is 10.1. The molecule has 0 bridgehead atoms. The van der Waals surface area contributed by atoms with Gasteiger partial charge < -0.3 is 5.32 Å². The molecule has 0 radical (unpaired) electrons. The van der Waals surface area contributed by atoms with E-state index in [9.17, 15) is 4.39 Å². The Kier molecular flexibility index (Phi) is 2.54. The standard InChI is InChI=1S/C12H13FN2/c1-3-14-11-6-7-15-12-8(2)10(13)5-4-9(11)12/h4-7H,3H2,1-2H3,(H,14,15). The van der Waals surface area contributed by atoms with Crippen molar-refractivity contribution in [3.63, 3.8) is 0 Å². The summed E-state index contributed by atoms with van der Waals surface area (Å²) in [4.78, 5) is 4.20. The molecular formula is C12H13FN2. The second kappa shape index (κ2) is 3.85. The average Bonchev–Trinajstić information content (AvgIpc) is 2.25. The summed E-state index contributed by atoms with van der Waals surface area (Å²) >= 11 is 0. The Morgan fingerprint density at radius 2 is 2.13 bits per heavy atom. The molecule has 1 heterocycles. The fourth-order valence-electron chi connectivity index (χ4n) is 1.68. The van der Waals surface area contributed by atoms with E-state index in [1.807, 2.05) is 13.0 Å². The Balaban J connectivity index is 2.72. The summed E-state index contributed by atoms with van der Waals surface area (Å²) in [6.45, 7) is 4.62. The molecule has 2 nitrogen and oxygen atoms in total. The molecule has 0 unspecified atom stereocenters. The van der Waals surface area contributed by atoms with Crippen LogP contribution in [0.5, 0.6) is 0 Å². The van der Waals surface area contributed by atoms with Crippen molar-refractivity contribution >= 4 is 16.6 Å². The van der Waals surface area contributed by atoms with Crippen LogP contribution >= 0.6 is 0 Å². The Hall–Kier alpha value is -1.64. The molecule has 0 aliphatic heterocycles. The molecule has 0 atom stereocenters. The van der Waals surface area contributed by atoms with Crippen molar-refractivity contribution in [3.8, 4) is 0 Å². The number of fused-ring (bicyclic) bond motifs is 1. The Labute approximate surface area is 88.1 Å². The van der Waals surface area contributed by atoms with E-state index < -0.39 is 0 Å². The largest absolute Gasteiger partial charge is 0.385 e. The number of benzene rings is 1. The SMILES string of the molecule is CCNc1ccnc2c(C)c(F)ccc12. The van der Waals surface area contributed by atoms with E-state index >= 15 is 0 Å². The topological polar surface area (TPSA) is 24.9 Å². The Morgan fingerprint density at radius 3 is 2.87 bits per heavy atom. The van der Waals surface area contributed by atoms with Gasteiger partial charge in [0.25, 0.3) is 0 Å². The number of hydrogen-bond donors (Lipinski definition) is 1. The summed E-state index contributed by atoms with van der Waals surface area (Å²) in [5.41, 5.74) is 2.34. The van der Waals surface area contributed by atoms with Gasteiger partial charge in [-0.05, 0) is 32.0 Å². The van der Waals surface area contributed by atoms with Crippen molar-refractivity contribution in [2.75, 3.05) is 11.9 Å². The average molecular weight is 204 g/mol. The normalized spacial score (nSPS) is 10.6. The third-order valence-corrected chi connectivity index (χ3v) is 2.47. The van der Waals surface area contributed by atoms with Gasteiger partial charge in [-0.2, -0.15) is 0 Å². The third kappa shape index (κ3) is 1.65. The minimum absolute atomic E-state index is 0.205. The first kappa shape index (κ1) is 9.90. The number of nitrogens with one attached hydrogen (secondary N) is 1. The molecule has 3 heteroatoms. The van der Waals surface area contributed by atoms with Gasteiger partial charge in [-0.3, -0.25) is 4.98 Å². The first-order chi connectivity index (χ1) is 7.24. The zero-order valence-corrected chi connectivity index (χ0v) is 8.84. The summed E-state index contributed by atoms with van der Waals surface area (Å²) in [5.74, 6) is -0.205. The summed E-state index contributed by atoms with van der Waals surface area (Å²) in [7, 11) is 0. The lowest BCUT2D eigenvalue weighted by Gasteiger charge is -2.08. The summed E-state index contributed by atoms with van der Waals surface area (Å²) < 4.78 is 13.3. The number of rotatable bonds is 2. The van der Waals surface area contributed by atoms with Crippen LogP contribution in [0.1, 0.15) is 12.5 Å². The molecular weight excluding hydrogens is 191 g/mol. The van der Waals surface area contributed by atoms with Crippen molar-refractivity contribution in [2.45, 2.75) is 13.8 Å². The summed E-state index contributed by atoms with van der Waals surface area (Å²) in [6, 6.07) is 5.16. The molecule has 0 fully saturated rings. The molecule has 15 heavy (non-hydrogen) atoms. The number of aryl methyl sites for hydroxylation is 1. The first-order valence-corrected chi connectivity index (χ1v) is 5.01. The molecule has 0 saturated heterocycles. The molecule has 0 saturated carbocycles. The molecule has 0 aliphatic carbocycles. The molecule has 1 aromatic carbocycles. The lowest BCUT2D eigenvalue weighted by Crippen LogP contribution is -1.98. The number of halogens is 1. The van der Waals surface area contributed by atoms with Gasteiger partial charge in [-0.25, -0.2) is 4.39 Å². The maximum Gasteiger partial charge on any atom is 0.128 e. The highest BCUT2D eigenvalue weighted by Crippen LogP contribution is 2.25. The minimum Gasteiger partial charge on any atom is -0.385 e. The van der Waals surface area contributed by atoms with Crippen molar-refractivity contribution in [3.05, 3.63) is 35.8 Å². The van der Waals surface area contributed by atoms with Crippen molar-refractivity contribution < 1.29 is 4.39 Å². The van der Waals surface area contributed by atoms with Crippen LogP contribution in [0, 0.1) is 12.7 Å². The zero-order valence-electron chi connectivity index (χ0n) is 8.84. The van der Waals surface area contributed by atoms with Gasteiger partial charge in [0.2, 0.25) is 0 Å². The second-order valence-electron chi connectivity index (χ2n) is 3.46. The predicted molar refractivity (Wildman–Crippen MR) is 60.6 cm³/mol. The van der Waals surface area contributed by atoms with Crippen LogP contribution in [0.4, 0.5) is 10.1 Å². The van der Waals surface area contributed by atoms with Crippen LogP contribution in [0.3, 0.4) is 0 Å². The minimum atomic E-state index is -0.205. The van der Waals surface area contributed by atoms with E-state index in [2.05, 4.69) is 10.3 Å². The zero-order chi connectivity index (χ0) is 10.8. The lowest BCUT2D eigenvalue weighted by molar-refractivity contribution is 0.620. The van der Waals surface area contributed by atoms with Gasteiger partial charge in [0, 0.05) is 29.4 Å². The summed E-state index contributed by atoms with van der Waals surface area (Å²) in [6.07, 6.45) is 1.70. The molecule has 2 rings (SSSR count). The fourth-order valence-corrected chi connectivity index (χ4v) is 1.68. The molecule has 78 valence electrons. The van der Waals surface area contributed by atoms with Gasteiger partial charge in [0.15, 0.2) is 0 Å². The van der Waals surface area contributed by atoms with Crippen LogP contribution in [0.15, 0.2) is 24.4 Å². The van der Waals surface area contributed by atoms with Crippen LogP contribution in [-0.4, -0.2) is 11.5 Å². The number of aromatic nitrogens is 1.